The van der Waals surface area contributed by atoms with Gasteiger partial charge in [-0.25, -0.2) is 45.4 Å². The maximum absolute atomic E-state index is 13.4. The van der Waals surface area contributed by atoms with E-state index in [2.05, 4.69) is 172 Å². The fourth-order valence-corrected chi connectivity index (χ4v) is 26.5. The Bertz CT molecular complexity index is 7050. The van der Waals surface area contributed by atoms with Crippen LogP contribution in [0.3, 0.4) is 0 Å². The Balaban J connectivity index is 0.000000114. The first kappa shape index (κ1) is 100.0. The predicted molar refractivity (Wildman–Crippen MR) is 561 cm³/mol. The molecule has 0 unspecified atom stereocenters. The van der Waals surface area contributed by atoms with Crippen LogP contribution in [0.5, 0.6) is 0 Å². The monoisotopic (exact) mass is 1940 g/mol. The van der Waals surface area contributed by atoms with Crippen molar-refractivity contribution in [3.8, 4) is 40.3 Å². The summed E-state index contributed by atoms with van der Waals surface area (Å²) in [6.07, 6.45) is 42.8. The van der Waals surface area contributed by atoms with Crippen LogP contribution in [-0.4, -0.2) is 98.9 Å². The average Bonchev–Trinajstić information content (AvgIpc) is 1.45. The van der Waals surface area contributed by atoms with Crippen LogP contribution in [0.15, 0.2) is 266 Å². The molecule has 10 aliphatic carbocycles. The van der Waals surface area contributed by atoms with E-state index in [9.17, 15) is 47.5 Å². The molecule has 10 aliphatic rings. The summed E-state index contributed by atoms with van der Waals surface area (Å²) >= 11 is 0. The number of rotatable bonds is 17. The number of halogens is 5. The summed E-state index contributed by atoms with van der Waals surface area (Å²) in [4.78, 5) is 0. The Hall–Kier alpha value is -12.7. The molecule has 5 N–H and O–H groups in total. The topological polar surface area (TPSA) is 190 Å². The van der Waals surface area contributed by atoms with Gasteiger partial charge in [-0.05, 0) is 428 Å². The first-order chi connectivity index (χ1) is 69.4. The van der Waals surface area contributed by atoms with Crippen LogP contribution < -0.4 is 0 Å². The zero-order valence-corrected chi connectivity index (χ0v) is 84.2. The van der Waals surface area contributed by atoms with Gasteiger partial charge in [0.05, 0.1) is 112 Å². The van der Waals surface area contributed by atoms with Crippen molar-refractivity contribution in [2.75, 3.05) is 0 Å². The number of nitrogens with zero attached hydrogens (tertiary/aromatic N) is 10. The van der Waals surface area contributed by atoms with Crippen LogP contribution in [-0.2, 0) is 44.9 Å². The quantitative estimate of drug-likeness (QED) is 0.0333. The van der Waals surface area contributed by atoms with Gasteiger partial charge in [-0.15, -0.1) is 12.5 Å². The number of hydrogen-bond acceptors (Lipinski definition) is 10. The van der Waals surface area contributed by atoms with Crippen molar-refractivity contribution in [1.82, 2.24) is 48.9 Å². The van der Waals surface area contributed by atoms with Crippen molar-refractivity contribution in [2.45, 2.75) is 241 Å². The maximum atomic E-state index is 13.4. The van der Waals surface area contributed by atoms with E-state index in [1.54, 1.807) is 67.6 Å². The summed E-state index contributed by atoms with van der Waals surface area (Å²) in [7, 11) is 0. The van der Waals surface area contributed by atoms with E-state index < -0.39 is 12.2 Å². The third-order valence-electron chi connectivity index (χ3n) is 34.1. The van der Waals surface area contributed by atoms with E-state index in [0.29, 0.717) is 19.3 Å². The minimum Gasteiger partial charge on any atom is -0.392 e. The molecule has 5 fully saturated rings. The van der Waals surface area contributed by atoms with E-state index in [1.807, 2.05) is 90.8 Å². The molecule has 0 radical (unpaired) electrons. The molecule has 0 spiro atoms. The molecule has 744 valence electrons. The first-order valence-corrected chi connectivity index (χ1v) is 51.7. The smallest absolute Gasteiger partial charge is 0.123 e. The zero-order chi connectivity index (χ0) is 101. The van der Waals surface area contributed by atoms with Crippen molar-refractivity contribution in [3.63, 3.8) is 0 Å². The molecule has 0 saturated heterocycles. The van der Waals surface area contributed by atoms with E-state index in [4.69, 9.17) is 0 Å². The second-order valence-electron chi connectivity index (χ2n) is 43.3. The molecule has 5 heterocycles. The lowest BCUT2D eigenvalue weighted by Gasteiger charge is -2.48. The number of fused-ring (bicyclic) bond motifs is 10. The first-order valence-electron chi connectivity index (χ1n) is 51.7. The summed E-state index contributed by atoms with van der Waals surface area (Å²) < 4.78 is 76.1. The minimum absolute atomic E-state index is 0.0374. The highest BCUT2D eigenvalue weighted by atomic mass is 19.1. The van der Waals surface area contributed by atoms with Crippen LogP contribution in [0.1, 0.15) is 240 Å². The number of benzene rings is 8. The van der Waals surface area contributed by atoms with Crippen LogP contribution in [0.4, 0.5) is 22.0 Å². The molecule has 23 rings (SSSR count). The Morgan fingerprint density at radius 3 is 0.944 bits per heavy atom. The van der Waals surface area contributed by atoms with Gasteiger partial charge in [-0.1, -0.05) is 158 Å². The number of hydrogen-bond donors (Lipinski definition) is 5. The van der Waals surface area contributed by atoms with Crippen molar-refractivity contribution in [2.24, 2.45) is 56.7 Å². The van der Waals surface area contributed by atoms with Gasteiger partial charge in [-0.3, -0.25) is 0 Å². The molecule has 5 saturated carbocycles. The molecule has 144 heavy (non-hydrogen) atoms. The zero-order valence-electron chi connectivity index (χ0n) is 84.2. The van der Waals surface area contributed by atoms with Crippen LogP contribution in [0.2, 0.25) is 0 Å². The molecule has 15 nitrogen and oxygen atoms in total. The fourth-order valence-electron chi connectivity index (χ4n) is 26.5. The Kier molecular flexibility index (Phi) is 29.0. The molecule has 0 bridgehead atoms. The van der Waals surface area contributed by atoms with Crippen molar-refractivity contribution in [1.29, 1.82) is 0 Å². The molecule has 13 aromatic rings. The van der Waals surface area contributed by atoms with Crippen molar-refractivity contribution < 1.29 is 47.5 Å². The van der Waals surface area contributed by atoms with Gasteiger partial charge in [0.2, 0.25) is 0 Å². The molecule has 0 aliphatic heterocycles. The second-order valence-corrected chi connectivity index (χ2v) is 43.3. The number of aryl methyl sites for hydroxylation is 3. The van der Waals surface area contributed by atoms with E-state index in [0.717, 1.165) is 196 Å². The van der Waals surface area contributed by atoms with Gasteiger partial charge in [0.15, 0.2) is 0 Å². The normalized spacial score (nSPS) is 24.4. The third-order valence-corrected chi connectivity index (χ3v) is 34.1. The average molecular weight is 1940 g/mol. The molecular formula is C124H133F5N10O5. The summed E-state index contributed by atoms with van der Waals surface area (Å²) in [5.74, 6) is 5.57. The lowest BCUT2D eigenvalue weighted by Crippen LogP contribution is -2.44. The Labute approximate surface area is 843 Å². The molecular weight excluding hydrogens is 1800 g/mol. The van der Waals surface area contributed by atoms with Gasteiger partial charge in [0.1, 0.15) is 35.2 Å². The maximum Gasteiger partial charge on any atom is 0.123 e. The SMILES string of the molecule is C=CC[C@H](O)[C@H]1CCCC2=Cc3c(cnn3-c3ccc(F)cc3)C[C@@]21C.CC#C[C@H](O)[C@H]1CCCC2=Cc3c(cnn3-c3ccc(F)cc3)C[C@@]21C.C[C@]12Cc3cnn(-c4ccc(F)cc4)c3C=C1CCC[C@@H]2[C@@H](O)Cc1ccccc1.Cc1cc(C)cc(C[C@H](O)[C@H]2CCCC3=Cc4c(cnn4-c4ccc(F)cc4)C[C@@]32C)c1.Cc1ccccc1[C@H](O)[C@H]1CCCC2=Cc3c(cnn3-c3ccc(F)cc3)C[C@@]21C. The standard InChI is InChI=1S/C28H31FN2O.2C26H27FN2O.C22H25FN2O.C22H23FN2O/c1-18-11-19(2)13-20(12-18)14-27(32)25-6-4-5-22-15-26-21(16-28(22,25)3)17-30-31(26)24-9-7-23(29)8-10-24;1-17-6-3-4-8-22(17)25(30)23-9-5-7-19-14-24-18(15-26(19,23)2)16-28-29(24)21-12-10-20(27)11-13-21;1-26-16-19-17-28-29(22-12-10-21(27)11-13-22)24(19)15-20(26)8-5-9-23(26)25(30)14-18-6-3-2-4-7-18;2*1-3-5-21(26)19-7-4-6-16-12-20-15(13-22(16,19)2)14-24-25(20)18-10-8-17(23)9-11-18/h7-13,15,17,25,27,32H,4-6,14,16H2,1-3H3;3-4,6,8,10-14,16,23,25,30H,5,7,9,15H2,1-2H3;2-4,6-7,10-13,15,17,23,25,30H,5,8-9,14,16H2,1H3;3,8-12,14,19,21,26H,1,4-7,13H2,2H3;8-12,14,19,21,26H,4,6-7,13H2,1-2H3/t25-,27+,28+;2*23-,25+,26+;2*19-,21+,22+/m11111/s1. The van der Waals surface area contributed by atoms with Crippen LogP contribution >= 0.6 is 0 Å². The lowest BCUT2D eigenvalue weighted by molar-refractivity contribution is 0.0213. The fraction of sp³-hybridized carbons (Fsp3) is 0.379. The summed E-state index contributed by atoms with van der Waals surface area (Å²) in [6, 6.07) is 57.3. The number of allylic oxidation sites excluding steroid dienone is 5. The Morgan fingerprint density at radius 1 is 0.354 bits per heavy atom. The minimum atomic E-state index is -0.595. The van der Waals surface area contributed by atoms with Gasteiger partial charge < -0.3 is 25.5 Å². The third kappa shape index (κ3) is 20.0. The lowest BCUT2D eigenvalue weighted by atomic mass is 9.57. The molecule has 8 aromatic carbocycles. The van der Waals surface area contributed by atoms with Gasteiger partial charge >= 0.3 is 0 Å². The highest BCUT2D eigenvalue weighted by Gasteiger charge is 2.52. The van der Waals surface area contributed by atoms with Gasteiger partial charge in [0.25, 0.3) is 0 Å². The highest BCUT2D eigenvalue weighted by molar-refractivity contribution is 5.67. The highest BCUT2D eigenvalue weighted by Crippen LogP contribution is 2.60. The van der Waals surface area contributed by atoms with E-state index in [-0.39, 0.29) is 104 Å². The predicted octanol–water partition coefficient (Wildman–Crippen LogP) is 26.0. The summed E-state index contributed by atoms with van der Waals surface area (Å²) in [6.45, 7) is 23.4. The van der Waals surface area contributed by atoms with Gasteiger partial charge in [0, 0.05) is 5.92 Å². The molecule has 15 atom stereocenters. The van der Waals surface area contributed by atoms with Crippen molar-refractivity contribution >= 4 is 30.4 Å². The van der Waals surface area contributed by atoms with Crippen molar-refractivity contribution in [3.05, 3.63) is 384 Å². The largest absolute Gasteiger partial charge is 0.392 e. The Morgan fingerprint density at radius 2 is 0.632 bits per heavy atom. The number of aromatic nitrogens is 10. The number of aliphatic hydroxyl groups excluding tert-OH is 5. The second kappa shape index (κ2) is 41.8. The number of aliphatic hydroxyl groups is 5. The summed E-state index contributed by atoms with van der Waals surface area (Å²) in [5, 5.41) is 78.2. The molecule has 0 amide bonds. The van der Waals surface area contributed by atoms with E-state index >= 15 is 0 Å². The van der Waals surface area contributed by atoms with E-state index in [1.165, 1.54) is 139 Å². The van der Waals surface area contributed by atoms with Crippen LogP contribution in [0.25, 0.3) is 58.8 Å². The van der Waals surface area contributed by atoms with Crippen LogP contribution in [0, 0.1) is 118 Å². The molecule has 20 heteroatoms. The molecule has 5 aromatic heterocycles. The van der Waals surface area contributed by atoms with Gasteiger partial charge in [-0.2, -0.15) is 25.5 Å². The summed E-state index contributed by atoms with van der Waals surface area (Å²) in [5.41, 5.74) is 29.4.